The van der Waals surface area contributed by atoms with Crippen LogP contribution >= 0.6 is 0 Å². The van der Waals surface area contributed by atoms with Crippen molar-refractivity contribution in [2.45, 2.75) is 57.4 Å². The van der Waals surface area contributed by atoms with E-state index in [1.807, 2.05) is 18.3 Å². The van der Waals surface area contributed by atoms with E-state index in [0.29, 0.717) is 5.88 Å². The molecule has 0 aromatic carbocycles. The van der Waals surface area contributed by atoms with E-state index in [1.54, 1.807) is 24.1 Å². The Kier molecular flexibility index (Phi) is 6.60. The minimum atomic E-state index is -0.878. The van der Waals surface area contributed by atoms with Crippen LogP contribution in [0.5, 0.6) is 5.88 Å². The third-order valence-corrected chi connectivity index (χ3v) is 5.81. The number of nitrogens with zero attached hydrogens (tertiary/aromatic N) is 4. The number of aliphatic carboxylic acids is 1. The van der Waals surface area contributed by atoms with Crippen molar-refractivity contribution in [1.82, 2.24) is 19.7 Å². The van der Waals surface area contributed by atoms with Crippen molar-refractivity contribution in [2.75, 3.05) is 7.11 Å². The second-order valence-corrected chi connectivity index (χ2v) is 8.00. The number of hydrogen-bond donors (Lipinski definition) is 1. The summed E-state index contributed by atoms with van der Waals surface area (Å²) in [6, 6.07) is 9.52. The predicted octanol–water partition coefficient (Wildman–Crippen LogP) is 3.80. The number of carboxylic acid groups (broad SMARTS) is 1. The van der Waals surface area contributed by atoms with Crippen LogP contribution in [0.3, 0.4) is 0 Å². The van der Waals surface area contributed by atoms with E-state index in [2.05, 4.69) is 22.2 Å². The van der Waals surface area contributed by atoms with Crippen LogP contribution < -0.4 is 4.74 Å². The second kappa shape index (κ2) is 9.73. The molecule has 3 heterocycles. The van der Waals surface area contributed by atoms with Crippen LogP contribution in [0.15, 0.2) is 42.7 Å². The summed E-state index contributed by atoms with van der Waals surface area (Å²) in [5, 5.41) is 14.0. The van der Waals surface area contributed by atoms with Crippen LogP contribution in [-0.4, -0.2) is 37.9 Å². The minimum absolute atomic E-state index is 0.0613. The molecule has 0 unspecified atom stereocenters. The van der Waals surface area contributed by atoms with E-state index >= 15 is 0 Å². The predicted molar refractivity (Wildman–Crippen MR) is 116 cm³/mol. The normalized spacial score (nSPS) is 14.1. The zero-order valence-corrected chi connectivity index (χ0v) is 17.8. The highest BCUT2D eigenvalue weighted by atomic mass is 16.5. The van der Waals surface area contributed by atoms with Crippen LogP contribution in [0.4, 0.5) is 0 Å². The first kappa shape index (κ1) is 21.0. The number of carbonyl (C=O) groups is 1. The molecule has 162 valence electrons. The molecule has 3 aromatic rings. The molecule has 1 N–H and O–H groups in total. The highest BCUT2D eigenvalue weighted by molar-refractivity contribution is 5.68. The van der Waals surface area contributed by atoms with Crippen molar-refractivity contribution in [3.63, 3.8) is 0 Å². The van der Waals surface area contributed by atoms with Gasteiger partial charge in [0.1, 0.15) is 0 Å². The van der Waals surface area contributed by atoms with Crippen LogP contribution in [0.25, 0.3) is 0 Å². The molecule has 1 atom stereocenters. The van der Waals surface area contributed by atoms with E-state index < -0.39 is 12.0 Å². The average molecular weight is 421 g/mol. The fourth-order valence-corrected chi connectivity index (χ4v) is 4.14. The Morgan fingerprint density at radius 1 is 1.13 bits per heavy atom. The van der Waals surface area contributed by atoms with E-state index in [1.165, 1.54) is 24.1 Å². The third-order valence-electron chi connectivity index (χ3n) is 5.81. The molecule has 0 bridgehead atoms. The molecular weight excluding hydrogens is 392 g/mol. The standard InChI is InChI=1S/C24H28N4O3/c1-31-23-12-10-18(16-25-23)22(15-24(29)30)28-14-13-20(27-28)7-4-6-19-11-9-17-5-2-3-8-21(17)26-19/h9-14,16,22H,2-8,15H2,1H3,(H,29,30)/t22-/m0/s1. The molecule has 0 fully saturated rings. The first-order valence-corrected chi connectivity index (χ1v) is 10.9. The van der Waals surface area contributed by atoms with Crippen molar-refractivity contribution in [1.29, 1.82) is 0 Å². The molecule has 0 aliphatic heterocycles. The van der Waals surface area contributed by atoms with Crippen molar-refractivity contribution >= 4 is 5.97 Å². The van der Waals surface area contributed by atoms with Gasteiger partial charge < -0.3 is 9.84 Å². The Morgan fingerprint density at radius 3 is 2.74 bits per heavy atom. The largest absolute Gasteiger partial charge is 0.481 e. The van der Waals surface area contributed by atoms with Gasteiger partial charge in [0.2, 0.25) is 5.88 Å². The second-order valence-electron chi connectivity index (χ2n) is 8.00. The average Bonchev–Trinajstić information content (AvgIpc) is 3.26. The Morgan fingerprint density at radius 2 is 1.97 bits per heavy atom. The Labute approximate surface area is 182 Å². The number of fused-ring (bicyclic) bond motifs is 1. The maximum atomic E-state index is 11.4. The lowest BCUT2D eigenvalue weighted by atomic mass is 9.95. The summed E-state index contributed by atoms with van der Waals surface area (Å²) in [6.45, 7) is 0. The number of hydrogen-bond acceptors (Lipinski definition) is 5. The van der Waals surface area contributed by atoms with Gasteiger partial charge in [-0.1, -0.05) is 6.07 Å². The summed E-state index contributed by atoms with van der Waals surface area (Å²) in [5.41, 5.74) is 5.57. The molecule has 0 saturated heterocycles. The zero-order valence-electron chi connectivity index (χ0n) is 17.8. The first-order chi connectivity index (χ1) is 15.1. The van der Waals surface area contributed by atoms with Gasteiger partial charge >= 0.3 is 5.97 Å². The topological polar surface area (TPSA) is 90.1 Å². The Hall–Kier alpha value is -3.22. The summed E-state index contributed by atoms with van der Waals surface area (Å²) in [6.07, 6.45) is 10.9. The van der Waals surface area contributed by atoms with Crippen molar-refractivity contribution in [3.05, 3.63) is 70.9 Å². The molecule has 0 radical (unpaired) electrons. The smallest absolute Gasteiger partial charge is 0.305 e. The molecule has 31 heavy (non-hydrogen) atoms. The molecule has 7 heteroatoms. The number of rotatable bonds is 9. The summed E-state index contributed by atoms with van der Waals surface area (Å²) in [7, 11) is 1.55. The minimum Gasteiger partial charge on any atom is -0.481 e. The summed E-state index contributed by atoms with van der Waals surface area (Å²) >= 11 is 0. The molecule has 0 saturated carbocycles. The highest BCUT2D eigenvalue weighted by Gasteiger charge is 2.19. The number of aryl methyl sites for hydroxylation is 4. The van der Waals surface area contributed by atoms with E-state index in [4.69, 9.17) is 9.72 Å². The summed E-state index contributed by atoms with van der Waals surface area (Å²) in [5.74, 6) is -0.383. The number of aromatic nitrogens is 4. The summed E-state index contributed by atoms with van der Waals surface area (Å²) in [4.78, 5) is 20.5. The van der Waals surface area contributed by atoms with Crippen molar-refractivity contribution in [3.8, 4) is 5.88 Å². The number of pyridine rings is 2. The Balaban J connectivity index is 1.40. The molecular formula is C24H28N4O3. The molecule has 3 aromatic heterocycles. The first-order valence-electron chi connectivity index (χ1n) is 10.9. The lowest BCUT2D eigenvalue weighted by Gasteiger charge is -2.16. The van der Waals surface area contributed by atoms with Gasteiger partial charge in [-0.2, -0.15) is 5.10 Å². The van der Waals surface area contributed by atoms with Gasteiger partial charge in [0.15, 0.2) is 0 Å². The monoisotopic (exact) mass is 420 g/mol. The molecule has 0 amide bonds. The highest BCUT2D eigenvalue weighted by Crippen LogP contribution is 2.23. The third kappa shape index (κ3) is 5.29. The van der Waals surface area contributed by atoms with Gasteiger partial charge in [0.25, 0.3) is 0 Å². The fraction of sp³-hybridized carbons (Fsp3) is 0.417. The quantitative estimate of drug-likeness (QED) is 0.566. The van der Waals surface area contributed by atoms with Crippen LogP contribution in [0.2, 0.25) is 0 Å². The SMILES string of the molecule is COc1ccc([C@H](CC(=O)O)n2ccc(CCCc3ccc4c(n3)CCCC4)n2)cn1. The van der Waals surface area contributed by atoms with Gasteiger partial charge in [0.05, 0.1) is 25.3 Å². The van der Waals surface area contributed by atoms with Gasteiger partial charge in [-0.3, -0.25) is 14.5 Å². The lowest BCUT2D eigenvalue weighted by molar-refractivity contribution is -0.137. The van der Waals surface area contributed by atoms with E-state index in [9.17, 15) is 9.90 Å². The van der Waals surface area contributed by atoms with Crippen molar-refractivity contribution in [2.24, 2.45) is 0 Å². The van der Waals surface area contributed by atoms with Gasteiger partial charge in [-0.05, 0) is 74.3 Å². The van der Waals surface area contributed by atoms with Crippen molar-refractivity contribution < 1.29 is 14.6 Å². The fourth-order valence-electron chi connectivity index (χ4n) is 4.14. The van der Waals surface area contributed by atoms with E-state index in [0.717, 1.165) is 49.1 Å². The molecule has 4 rings (SSSR count). The molecule has 7 nitrogen and oxygen atoms in total. The summed E-state index contributed by atoms with van der Waals surface area (Å²) < 4.78 is 6.82. The molecule has 0 spiro atoms. The van der Waals surface area contributed by atoms with Gasteiger partial charge in [0, 0.05) is 29.8 Å². The van der Waals surface area contributed by atoms with Gasteiger partial charge in [-0.25, -0.2) is 4.98 Å². The van der Waals surface area contributed by atoms with Crippen LogP contribution in [0, 0.1) is 0 Å². The molecule has 1 aliphatic carbocycles. The number of ether oxygens (including phenoxy) is 1. The number of carboxylic acids is 1. The van der Waals surface area contributed by atoms with Crippen LogP contribution in [0.1, 0.15) is 59.9 Å². The number of methoxy groups -OCH3 is 1. The molecule has 1 aliphatic rings. The maximum Gasteiger partial charge on any atom is 0.305 e. The van der Waals surface area contributed by atoms with Gasteiger partial charge in [-0.15, -0.1) is 0 Å². The zero-order chi connectivity index (χ0) is 21.6. The van der Waals surface area contributed by atoms with Crippen LogP contribution in [-0.2, 0) is 30.5 Å². The van der Waals surface area contributed by atoms with E-state index in [-0.39, 0.29) is 6.42 Å². The Bertz CT molecular complexity index is 1030. The maximum absolute atomic E-state index is 11.4. The lowest BCUT2D eigenvalue weighted by Crippen LogP contribution is -2.16.